The Morgan fingerprint density at radius 3 is 2.52 bits per heavy atom. The molecule has 3 aromatic rings. The van der Waals surface area contributed by atoms with E-state index in [4.69, 9.17) is 14.5 Å². The molecule has 2 aromatic heterocycles. The second-order valence-corrected chi connectivity index (χ2v) is 13.2. The maximum absolute atomic E-state index is 13.5. The lowest BCUT2D eigenvalue weighted by Crippen LogP contribution is -2.41. The van der Waals surface area contributed by atoms with E-state index in [1.165, 1.54) is 54.4 Å². The largest absolute Gasteiger partial charge is 0.497 e. The van der Waals surface area contributed by atoms with Gasteiger partial charge in [0.2, 0.25) is 5.88 Å². The van der Waals surface area contributed by atoms with E-state index >= 15 is 0 Å². The number of amides is 1. The molecule has 1 aromatic carbocycles. The van der Waals surface area contributed by atoms with E-state index < -0.39 is 39.7 Å². The Hall–Kier alpha value is -3.81. The molecule has 10 nitrogen and oxygen atoms in total. The molecule has 5 rings (SSSR count). The summed E-state index contributed by atoms with van der Waals surface area (Å²) in [5.41, 5.74) is -2.20. The zero-order valence-electron chi connectivity index (χ0n) is 23.6. The van der Waals surface area contributed by atoms with Crippen molar-refractivity contribution in [1.29, 1.82) is 0 Å². The number of carbonyl (C=O) groups excluding carboxylic acids is 1. The molecule has 42 heavy (non-hydrogen) atoms. The highest BCUT2D eigenvalue weighted by Gasteiger charge is 2.64. The summed E-state index contributed by atoms with van der Waals surface area (Å²) in [6.07, 6.45) is -2.00. The number of halogens is 3. The topological polar surface area (TPSA) is 116 Å². The Morgan fingerprint density at radius 2 is 1.90 bits per heavy atom. The molecule has 1 saturated heterocycles. The number of rotatable bonds is 9. The van der Waals surface area contributed by atoms with E-state index in [9.17, 15) is 26.4 Å². The Bertz CT molecular complexity index is 1600. The van der Waals surface area contributed by atoms with Crippen LogP contribution in [-0.2, 0) is 10.0 Å². The van der Waals surface area contributed by atoms with Crippen LogP contribution in [0, 0.1) is 11.3 Å². The van der Waals surface area contributed by atoms with E-state index in [-0.39, 0.29) is 46.7 Å². The number of methoxy groups -OCH3 is 1. The van der Waals surface area contributed by atoms with Crippen molar-refractivity contribution in [2.24, 2.45) is 11.3 Å². The number of aromatic nitrogens is 3. The standard InChI is InChI=1S/C28H32F3N5O5S/c1-18-15-26(2,3)35(16-18)24-21(25(37)34-42(38,39)20-7-5-6-19(14-20)40-4)8-9-22(32-24)36-13-10-23(33-36)41-17-27(11-12-27)28(29,30)31/h5-10,13-14,18H,11-12,15-17H2,1-4H3,(H,34,37)/t18-/m0/s1. The first-order chi connectivity index (χ1) is 19.6. The molecule has 226 valence electrons. The first-order valence-corrected chi connectivity index (χ1v) is 14.9. The van der Waals surface area contributed by atoms with Crippen molar-refractivity contribution in [3.05, 3.63) is 54.2 Å². The van der Waals surface area contributed by atoms with Gasteiger partial charge in [0.05, 0.1) is 17.6 Å². The van der Waals surface area contributed by atoms with Gasteiger partial charge >= 0.3 is 6.18 Å². The number of carbonyl (C=O) groups is 1. The molecule has 0 unspecified atom stereocenters. The Kier molecular flexibility index (Phi) is 7.40. The van der Waals surface area contributed by atoms with E-state index in [0.717, 1.165) is 6.42 Å². The van der Waals surface area contributed by atoms with Gasteiger partial charge in [0.1, 0.15) is 23.6 Å². The maximum atomic E-state index is 13.5. The Labute approximate surface area is 241 Å². The van der Waals surface area contributed by atoms with Gasteiger partial charge in [-0.3, -0.25) is 4.79 Å². The van der Waals surface area contributed by atoms with Gasteiger partial charge in [0.25, 0.3) is 15.9 Å². The fourth-order valence-corrected chi connectivity index (χ4v) is 6.30. The average Bonchev–Trinajstić information content (AvgIpc) is 3.50. The third-order valence-corrected chi connectivity index (χ3v) is 9.09. The summed E-state index contributed by atoms with van der Waals surface area (Å²) in [4.78, 5) is 20.0. The number of hydrogen-bond acceptors (Lipinski definition) is 8. The third-order valence-electron chi connectivity index (χ3n) is 7.76. The van der Waals surface area contributed by atoms with Crippen molar-refractivity contribution in [3.63, 3.8) is 0 Å². The normalized spacial score (nSPS) is 19.4. The Morgan fingerprint density at radius 1 is 1.17 bits per heavy atom. The van der Waals surface area contributed by atoms with Gasteiger partial charge in [0.15, 0.2) is 5.82 Å². The van der Waals surface area contributed by atoms with Crippen LogP contribution in [0.2, 0.25) is 0 Å². The number of anilines is 1. The molecule has 0 bridgehead atoms. The molecule has 2 fully saturated rings. The summed E-state index contributed by atoms with van der Waals surface area (Å²) in [7, 11) is -2.84. The van der Waals surface area contributed by atoms with Gasteiger partial charge in [-0.2, -0.15) is 13.2 Å². The minimum absolute atomic E-state index is 0.00945. The van der Waals surface area contributed by atoms with Gasteiger partial charge in [-0.25, -0.2) is 22.8 Å². The summed E-state index contributed by atoms with van der Waals surface area (Å²) >= 11 is 0. The molecule has 0 spiro atoms. The minimum atomic E-state index is -4.35. The molecule has 1 saturated carbocycles. The number of sulfonamides is 1. The van der Waals surface area contributed by atoms with Crippen molar-refractivity contribution in [3.8, 4) is 17.4 Å². The molecule has 1 aliphatic heterocycles. The van der Waals surface area contributed by atoms with Crippen molar-refractivity contribution < 1.29 is 35.9 Å². The SMILES string of the molecule is COc1cccc(S(=O)(=O)NC(=O)c2ccc(-n3ccc(OCC4(C(F)(F)F)CC4)n3)nc2N2C[C@@H](C)CC2(C)C)c1. The first-order valence-electron chi connectivity index (χ1n) is 13.4. The Balaban J connectivity index is 1.45. The van der Waals surface area contributed by atoms with E-state index in [2.05, 4.69) is 16.7 Å². The number of pyridine rings is 1. The lowest BCUT2D eigenvalue weighted by atomic mass is 9.97. The van der Waals surface area contributed by atoms with Crippen LogP contribution < -0.4 is 19.1 Å². The highest BCUT2D eigenvalue weighted by atomic mass is 32.2. The van der Waals surface area contributed by atoms with E-state index in [0.29, 0.717) is 12.3 Å². The molecule has 1 aliphatic carbocycles. The van der Waals surface area contributed by atoms with Crippen molar-refractivity contribution >= 4 is 21.7 Å². The van der Waals surface area contributed by atoms with Crippen LogP contribution in [-0.4, -0.2) is 61.1 Å². The second kappa shape index (κ2) is 10.5. The molecular formula is C28H32F3N5O5S. The summed E-state index contributed by atoms with van der Waals surface area (Å²) in [5, 5.41) is 4.24. The molecule has 1 amide bonds. The van der Waals surface area contributed by atoms with Crippen LogP contribution in [0.5, 0.6) is 11.6 Å². The fraction of sp³-hybridized carbons (Fsp3) is 0.464. The van der Waals surface area contributed by atoms with Crippen LogP contribution in [0.25, 0.3) is 5.82 Å². The molecule has 0 radical (unpaired) electrons. The van der Waals surface area contributed by atoms with E-state index in [1.807, 2.05) is 18.7 Å². The highest BCUT2D eigenvalue weighted by molar-refractivity contribution is 7.90. The predicted molar refractivity (Wildman–Crippen MR) is 147 cm³/mol. The molecule has 1 atom stereocenters. The van der Waals surface area contributed by atoms with Gasteiger partial charge in [0, 0.05) is 30.4 Å². The van der Waals surface area contributed by atoms with Crippen molar-refractivity contribution in [2.45, 2.75) is 56.6 Å². The maximum Gasteiger partial charge on any atom is 0.397 e. The lowest BCUT2D eigenvalue weighted by Gasteiger charge is -2.34. The lowest BCUT2D eigenvalue weighted by molar-refractivity contribution is -0.194. The monoisotopic (exact) mass is 607 g/mol. The summed E-state index contributed by atoms with van der Waals surface area (Å²) < 4.78 is 80.0. The number of nitrogens with zero attached hydrogens (tertiary/aromatic N) is 4. The van der Waals surface area contributed by atoms with Crippen LogP contribution in [0.15, 0.2) is 53.6 Å². The zero-order chi connectivity index (χ0) is 30.5. The molecule has 2 aliphatic rings. The van der Waals surface area contributed by atoms with Gasteiger partial charge in [-0.15, -0.1) is 5.10 Å². The summed E-state index contributed by atoms with van der Waals surface area (Å²) in [6, 6.07) is 10.1. The smallest absolute Gasteiger partial charge is 0.397 e. The van der Waals surface area contributed by atoms with E-state index in [1.54, 1.807) is 6.07 Å². The van der Waals surface area contributed by atoms with Gasteiger partial charge in [-0.05, 0) is 63.3 Å². The minimum Gasteiger partial charge on any atom is -0.497 e. The predicted octanol–water partition coefficient (Wildman–Crippen LogP) is 4.74. The molecule has 3 heterocycles. The number of hydrogen-bond donors (Lipinski definition) is 1. The molecule has 14 heteroatoms. The summed E-state index contributed by atoms with van der Waals surface area (Å²) in [5.74, 6) is 0.267. The number of alkyl halides is 3. The van der Waals surface area contributed by atoms with Crippen LogP contribution in [0.1, 0.15) is 50.4 Å². The number of benzene rings is 1. The van der Waals surface area contributed by atoms with Crippen molar-refractivity contribution in [2.75, 3.05) is 25.2 Å². The molecular weight excluding hydrogens is 575 g/mol. The summed E-state index contributed by atoms with van der Waals surface area (Å²) in [6.45, 7) is 6.14. The molecule has 1 N–H and O–H groups in total. The first kappa shape index (κ1) is 29.7. The van der Waals surface area contributed by atoms with Crippen LogP contribution >= 0.6 is 0 Å². The zero-order valence-corrected chi connectivity index (χ0v) is 24.4. The quantitative estimate of drug-likeness (QED) is 0.371. The fourth-order valence-electron chi connectivity index (χ4n) is 5.30. The number of nitrogens with one attached hydrogen (secondary N) is 1. The highest BCUT2D eigenvalue weighted by Crippen LogP contribution is 2.57. The van der Waals surface area contributed by atoms with Gasteiger partial charge in [-0.1, -0.05) is 13.0 Å². The number of ether oxygens (including phenoxy) is 2. The average molecular weight is 608 g/mol. The third kappa shape index (κ3) is 5.76. The van der Waals surface area contributed by atoms with Crippen LogP contribution in [0.4, 0.5) is 19.0 Å². The van der Waals surface area contributed by atoms with Gasteiger partial charge < -0.3 is 14.4 Å². The van der Waals surface area contributed by atoms with Crippen molar-refractivity contribution in [1.82, 2.24) is 19.5 Å². The second-order valence-electron chi connectivity index (χ2n) is 11.6. The van der Waals surface area contributed by atoms with Crippen LogP contribution in [0.3, 0.4) is 0 Å².